The Morgan fingerprint density at radius 2 is 1.86 bits per heavy atom. The normalized spacial score (nSPS) is 14.5. The molecule has 0 bridgehead atoms. The molecule has 0 spiro atoms. The van der Waals surface area contributed by atoms with Gasteiger partial charge in [0.15, 0.2) is 0 Å². The van der Waals surface area contributed by atoms with Gasteiger partial charge in [0.05, 0.1) is 4.92 Å². The van der Waals surface area contributed by atoms with Gasteiger partial charge in [-0.3, -0.25) is 19.7 Å². The summed E-state index contributed by atoms with van der Waals surface area (Å²) < 4.78 is 5.02. The van der Waals surface area contributed by atoms with Gasteiger partial charge in [-0.2, -0.15) is 0 Å². The van der Waals surface area contributed by atoms with Crippen molar-refractivity contribution in [2.24, 2.45) is 0 Å². The average Bonchev–Trinajstić information content (AvgIpc) is 2.70. The zero-order valence-corrected chi connectivity index (χ0v) is 16.6. The van der Waals surface area contributed by atoms with Crippen molar-refractivity contribution in [3.05, 3.63) is 74.3 Å². The molecule has 3 rings (SSSR count). The third-order valence-electron chi connectivity index (χ3n) is 5.35. The minimum atomic E-state index is -0.423. The van der Waals surface area contributed by atoms with Gasteiger partial charge in [0, 0.05) is 43.6 Å². The number of rotatable bonds is 6. The van der Waals surface area contributed by atoms with Gasteiger partial charge in [0.25, 0.3) is 18.1 Å². The lowest BCUT2D eigenvalue weighted by Crippen LogP contribution is -2.41. The van der Waals surface area contributed by atoms with Crippen LogP contribution in [0.2, 0.25) is 0 Å². The second kappa shape index (κ2) is 8.86. The Balaban J connectivity index is 1.84. The van der Waals surface area contributed by atoms with Crippen LogP contribution in [-0.4, -0.2) is 41.4 Å². The van der Waals surface area contributed by atoms with Crippen molar-refractivity contribution in [2.45, 2.75) is 39.2 Å². The molecule has 1 aliphatic heterocycles. The number of likely N-dealkylation sites (tertiary alicyclic amines) is 1. The van der Waals surface area contributed by atoms with Gasteiger partial charge < -0.3 is 9.64 Å². The first-order valence-electron chi connectivity index (χ1n) is 9.61. The number of ether oxygens (including phenoxy) is 1. The molecule has 1 aliphatic rings. The number of carbonyl (C=O) groups is 2. The lowest BCUT2D eigenvalue weighted by molar-refractivity contribution is -0.384. The van der Waals surface area contributed by atoms with E-state index >= 15 is 0 Å². The summed E-state index contributed by atoms with van der Waals surface area (Å²) >= 11 is 0. The summed E-state index contributed by atoms with van der Waals surface area (Å²) in [4.78, 5) is 36.0. The fraction of sp³-hybridized carbons (Fsp3) is 0.364. The number of nitrogens with zero attached hydrogens (tertiary/aromatic N) is 2. The van der Waals surface area contributed by atoms with Gasteiger partial charge in [0.2, 0.25) is 0 Å². The molecule has 2 aromatic rings. The summed E-state index contributed by atoms with van der Waals surface area (Å²) in [7, 11) is 0. The maximum Gasteiger partial charge on any atom is 0.293 e. The highest BCUT2D eigenvalue weighted by Crippen LogP contribution is 2.25. The monoisotopic (exact) mass is 396 g/mol. The summed E-state index contributed by atoms with van der Waals surface area (Å²) in [6.07, 6.45) is 1.66. The molecule has 152 valence electrons. The van der Waals surface area contributed by atoms with E-state index in [4.69, 9.17) is 4.74 Å². The maximum absolute atomic E-state index is 13.2. The van der Waals surface area contributed by atoms with Gasteiger partial charge in [0.1, 0.15) is 6.10 Å². The summed E-state index contributed by atoms with van der Waals surface area (Å²) in [6.45, 7) is 5.50. The molecule has 0 aromatic heterocycles. The number of nitro groups is 1. The Morgan fingerprint density at radius 1 is 1.21 bits per heavy atom. The van der Waals surface area contributed by atoms with E-state index < -0.39 is 4.92 Å². The number of nitro benzene ring substituents is 1. The van der Waals surface area contributed by atoms with Crippen molar-refractivity contribution < 1.29 is 19.2 Å². The molecule has 0 atom stereocenters. The zero-order chi connectivity index (χ0) is 21.0. The van der Waals surface area contributed by atoms with Crippen LogP contribution in [0.25, 0.3) is 0 Å². The number of hydrogen-bond donors (Lipinski definition) is 0. The molecule has 0 saturated carbocycles. The smallest absolute Gasteiger partial charge is 0.293 e. The van der Waals surface area contributed by atoms with Crippen molar-refractivity contribution in [1.82, 2.24) is 4.90 Å². The van der Waals surface area contributed by atoms with Crippen molar-refractivity contribution >= 4 is 18.1 Å². The molecule has 0 N–H and O–H groups in total. The van der Waals surface area contributed by atoms with E-state index in [1.807, 2.05) is 26.0 Å². The van der Waals surface area contributed by atoms with Crippen LogP contribution in [0.15, 0.2) is 36.4 Å². The lowest BCUT2D eigenvalue weighted by Gasteiger charge is -2.31. The minimum Gasteiger partial charge on any atom is -0.464 e. The first-order chi connectivity index (χ1) is 13.9. The second-order valence-electron chi connectivity index (χ2n) is 7.43. The van der Waals surface area contributed by atoms with E-state index in [0.29, 0.717) is 44.4 Å². The van der Waals surface area contributed by atoms with E-state index in [2.05, 4.69) is 0 Å². The van der Waals surface area contributed by atoms with Crippen molar-refractivity contribution in [2.75, 3.05) is 13.1 Å². The highest BCUT2D eigenvalue weighted by molar-refractivity contribution is 5.96. The van der Waals surface area contributed by atoms with Crippen LogP contribution in [0.4, 0.5) is 5.69 Å². The Bertz CT molecular complexity index is 916. The summed E-state index contributed by atoms with van der Waals surface area (Å²) in [5.74, 6) is -0.0294. The number of benzene rings is 2. The fourth-order valence-electron chi connectivity index (χ4n) is 3.81. The van der Waals surface area contributed by atoms with Crippen LogP contribution in [0, 0.1) is 24.0 Å². The Hall–Kier alpha value is -3.22. The predicted molar refractivity (Wildman–Crippen MR) is 108 cm³/mol. The molecule has 1 amide bonds. The summed E-state index contributed by atoms with van der Waals surface area (Å²) in [5.41, 5.74) is 4.58. The molecule has 0 radical (unpaired) electrons. The van der Waals surface area contributed by atoms with Crippen molar-refractivity contribution in [3.63, 3.8) is 0 Å². The van der Waals surface area contributed by atoms with E-state index in [9.17, 15) is 19.7 Å². The Labute approximate surface area is 169 Å². The summed E-state index contributed by atoms with van der Waals surface area (Å²) in [5, 5.41) is 10.9. The molecule has 0 unspecified atom stereocenters. The van der Waals surface area contributed by atoms with Crippen LogP contribution < -0.4 is 0 Å². The topological polar surface area (TPSA) is 89.8 Å². The quantitative estimate of drug-likeness (QED) is 0.423. The largest absolute Gasteiger partial charge is 0.464 e. The van der Waals surface area contributed by atoms with Crippen LogP contribution in [-0.2, 0) is 16.0 Å². The van der Waals surface area contributed by atoms with Crippen LogP contribution in [0.5, 0.6) is 0 Å². The van der Waals surface area contributed by atoms with Gasteiger partial charge in [-0.15, -0.1) is 0 Å². The molecule has 1 saturated heterocycles. The van der Waals surface area contributed by atoms with E-state index in [1.54, 1.807) is 17.0 Å². The zero-order valence-electron chi connectivity index (χ0n) is 16.6. The van der Waals surface area contributed by atoms with Gasteiger partial charge in [-0.25, -0.2) is 0 Å². The summed E-state index contributed by atoms with van der Waals surface area (Å²) in [6, 6.07) is 10.4. The molecule has 7 heteroatoms. The molecule has 1 heterocycles. The molecule has 7 nitrogen and oxygen atoms in total. The minimum absolute atomic E-state index is 0.0294. The molecule has 1 fully saturated rings. The first-order valence-corrected chi connectivity index (χ1v) is 9.61. The maximum atomic E-state index is 13.2. The van der Waals surface area contributed by atoms with Gasteiger partial charge in [-0.1, -0.05) is 23.8 Å². The SMILES string of the molecule is Cc1cc(C)c(Cc2ccc([N+](=O)[O-])cc2)c(C(=O)N2CCC(OC=O)CC2)c1. The van der Waals surface area contributed by atoms with Crippen molar-refractivity contribution in [3.8, 4) is 0 Å². The van der Waals surface area contributed by atoms with Crippen LogP contribution in [0.3, 0.4) is 0 Å². The lowest BCUT2D eigenvalue weighted by atomic mass is 9.92. The Morgan fingerprint density at radius 3 is 2.45 bits per heavy atom. The highest BCUT2D eigenvalue weighted by atomic mass is 16.6. The molecule has 29 heavy (non-hydrogen) atoms. The number of piperidine rings is 1. The highest BCUT2D eigenvalue weighted by Gasteiger charge is 2.26. The number of aryl methyl sites for hydroxylation is 2. The average molecular weight is 396 g/mol. The fourth-order valence-corrected chi connectivity index (χ4v) is 3.81. The van der Waals surface area contributed by atoms with Crippen LogP contribution >= 0.6 is 0 Å². The standard InChI is InChI=1S/C22H24N2O5/c1-15-11-16(2)20(13-17-3-5-18(6-4-17)24(27)28)21(12-15)22(26)23-9-7-19(8-10-23)29-14-25/h3-6,11-12,14,19H,7-10,13H2,1-2H3. The van der Waals surface area contributed by atoms with E-state index in [0.717, 1.165) is 22.3 Å². The third kappa shape index (κ3) is 4.80. The van der Waals surface area contributed by atoms with Crippen LogP contribution in [0.1, 0.15) is 45.5 Å². The van der Waals surface area contributed by atoms with Crippen molar-refractivity contribution in [1.29, 1.82) is 0 Å². The number of non-ortho nitro benzene ring substituents is 1. The Kier molecular flexibility index (Phi) is 6.26. The molecular formula is C22H24N2O5. The number of hydrogen-bond acceptors (Lipinski definition) is 5. The first kappa shape index (κ1) is 20.5. The molecule has 2 aromatic carbocycles. The number of carbonyl (C=O) groups excluding carboxylic acids is 2. The molecule has 0 aliphatic carbocycles. The predicted octanol–water partition coefficient (Wildman–Crippen LogP) is 3.58. The number of amides is 1. The van der Waals surface area contributed by atoms with Gasteiger partial charge >= 0.3 is 0 Å². The van der Waals surface area contributed by atoms with E-state index in [-0.39, 0.29) is 17.7 Å². The van der Waals surface area contributed by atoms with Gasteiger partial charge in [-0.05, 0) is 43.0 Å². The molecular weight excluding hydrogens is 372 g/mol. The third-order valence-corrected chi connectivity index (χ3v) is 5.35. The van der Waals surface area contributed by atoms with E-state index in [1.165, 1.54) is 12.1 Å². The second-order valence-corrected chi connectivity index (χ2v) is 7.43.